The molecule has 4 nitrogen and oxygen atoms in total. The smallest absolute Gasteiger partial charge is 0.251 e. The molecule has 0 aromatic heterocycles. The van der Waals surface area contributed by atoms with Crippen molar-refractivity contribution in [2.45, 2.75) is 58.0 Å². The van der Waals surface area contributed by atoms with Crippen LogP contribution in [0.4, 0.5) is 5.69 Å². The Kier molecular flexibility index (Phi) is 4.30. The zero-order chi connectivity index (χ0) is 15.7. The molecule has 1 aliphatic carbocycles. The van der Waals surface area contributed by atoms with E-state index in [1.54, 1.807) is 0 Å². The van der Waals surface area contributed by atoms with E-state index in [0.717, 1.165) is 12.0 Å². The molecule has 2 aliphatic rings. The highest BCUT2D eigenvalue weighted by molar-refractivity contribution is 6.22. The molecular formula is C18H24N2O2. The first kappa shape index (κ1) is 15.2. The van der Waals surface area contributed by atoms with Crippen LogP contribution in [0.2, 0.25) is 0 Å². The van der Waals surface area contributed by atoms with Gasteiger partial charge in [0.25, 0.3) is 5.91 Å². The van der Waals surface area contributed by atoms with E-state index in [0.29, 0.717) is 17.6 Å². The summed E-state index contributed by atoms with van der Waals surface area (Å²) in [4.78, 5) is 26.2. The zero-order valence-electron chi connectivity index (χ0n) is 13.3. The van der Waals surface area contributed by atoms with Crippen LogP contribution in [0.15, 0.2) is 24.3 Å². The molecule has 0 spiro atoms. The van der Waals surface area contributed by atoms with Gasteiger partial charge in [-0.15, -0.1) is 0 Å². The quantitative estimate of drug-likeness (QED) is 0.873. The number of hydrogen-bond donors (Lipinski definition) is 1. The summed E-state index contributed by atoms with van der Waals surface area (Å²) in [5.41, 5.74) is 1.80. The Hall–Kier alpha value is -1.68. The predicted molar refractivity (Wildman–Crippen MR) is 86.6 cm³/mol. The lowest BCUT2D eigenvalue weighted by Crippen LogP contribution is -2.47. The first-order valence-electron chi connectivity index (χ1n) is 8.26. The summed E-state index contributed by atoms with van der Waals surface area (Å²) in [6, 6.07) is 7.54. The lowest BCUT2D eigenvalue weighted by molar-refractivity contribution is -0.121. The topological polar surface area (TPSA) is 49.4 Å². The molecule has 3 unspecified atom stereocenters. The Labute approximate surface area is 131 Å². The van der Waals surface area contributed by atoms with Crippen molar-refractivity contribution in [3.8, 4) is 0 Å². The average molecular weight is 300 g/mol. The largest absolute Gasteiger partial charge is 0.302 e. The van der Waals surface area contributed by atoms with E-state index >= 15 is 0 Å². The van der Waals surface area contributed by atoms with Crippen molar-refractivity contribution in [1.29, 1.82) is 0 Å². The van der Waals surface area contributed by atoms with Gasteiger partial charge in [0, 0.05) is 6.04 Å². The molecule has 1 aromatic rings. The summed E-state index contributed by atoms with van der Waals surface area (Å²) < 4.78 is 0. The van der Waals surface area contributed by atoms with E-state index in [4.69, 9.17) is 0 Å². The van der Waals surface area contributed by atoms with Crippen LogP contribution in [0, 0.1) is 12.8 Å². The van der Waals surface area contributed by atoms with Gasteiger partial charge >= 0.3 is 0 Å². The molecule has 1 aliphatic heterocycles. The predicted octanol–water partition coefficient (Wildman–Crippen LogP) is 2.80. The zero-order valence-corrected chi connectivity index (χ0v) is 13.3. The fourth-order valence-electron chi connectivity index (χ4n) is 3.55. The molecule has 0 radical (unpaired) electrons. The Bertz CT molecular complexity index is 567. The molecule has 2 fully saturated rings. The van der Waals surface area contributed by atoms with E-state index in [-0.39, 0.29) is 24.3 Å². The maximum Gasteiger partial charge on any atom is 0.251 e. The molecule has 0 bridgehead atoms. The van der Waals surface area contributed by atoms with Gasteiger partial charge in [-0.25, -0.2) is 4.90 Å². The van der Waals surface area contributed by atoms with Crippen molar-refractivity contribution < 1.29 is 9.59 Å². The summed E-state index contributed by atoms with van der Waals surface area (Å²) in [6.07, 6.45) is 5.05. The van der Waals surface area contributed by atoms with Crippen molar-refractivity contribution >= 4 is 17.5 Å². The van der Waals surface area contributed by atoms with Gasteiger partial charge in [-0.2, -0.15) is 0 Å². The number of imide groups is 1. The number of carbonyl (C=O) groups is 2. The maximum absolute atomic E-state index is 12.6. The highest BCUT2D eigenvalue weighted by Crippen LogP contribution is 2.27. The number of benzene rings is 1. The highest BCUT2D eigenvalue weighted by Gasteiger charge is 2.41. The third-order valence-electron chi connectivity index (χ3n) is 4.97. The fourth-order valence-corrected chi connectivity index (χ4v) is 3.55. The molecule has 1 N–H and O–H groups in total. The number of anilines is 1. The molecule has 1 aromatic carbocycles. The average Bonchev–Trinajstić information content (AvgIpc) is 2.77. The number of nitrogens with zero attached hydrogens (tertiary/aromatic N) is 1. The van der Waals surface area contributed by atoms with Crippen LogP contribution in [0.5, 0.6) is 0 Å². The van der Waals surface area contributed by atoms with Gasteiger partial charge in [-0.3, -0.25) is 9.59 Å². The van der Waals surface area contributed by atoms with E-state index in [2.05, 4.69) is 12.2 Å². The number of rotatable bonds is 3. The van der Waals surface area contributed by atoms with Crippen molar-refractivity contribution in [3.05, 3.63) is 29.8 Å². The molecule has 1 saturated heterocycles. The first-order valence-corrected chi connectivity index (χ1v) is 8.26. The van der Waals surface area contributed by atoms with Crippen LogP contribution in [-0.2, 0) is 9.59 Å². The van der Waals surface area contributed by atoms with Crippen molar-refractivity contribution in [2.24, 2.45) is 5.92 Å². The SMILES string of the molecule is Cc1ccc(N2C(=O)CC(NC3CCCCC3C)C2=O)cc1. The second-order valence-electron chi connectivity index (χ2n) is 6.69. The van der Waals surface area contributed by atoms with Gasteiger partial charge in [-0.05, 0) is 37.8 Å². The lowest BCUT2D eigenvalue weighted by atomic mass is 9.85. The monoisotopic (exact) mass is 300 g/mol. The maximum atomic E-state index is 12.6. The minimum atomic E-state index is -0.362. The molecule has 1 heterocycles. The summed E-state index contributed by atoms with van der Waals surface area (Å²) in [5, 5.41) is 3.45. The second kappa shape index (κ2) is 6.21. The van der Waals surface area contributed by atoms with E-state index in [1.165, 1.54) is 24.2 Å². The van der Waals surface area contributed by atoms with Gasteiger partial charge in [-0.1, -0.05) is 37.5 Å². The Balaban J connectivity index is 1.72. The molecule has 22 heavy (non-hydrogen) atoms. The summed E-state index contributed by atoms with van der Waals surface area (Å²) in [6.45, 7) is 4.22. The van der Waals surface area contributed by atoms with Gasteiger partial charge in [0.15, 0.2) is 0 Å². The molecule has 2 amide bonds. The van der Waals surface area contributed by atoms with Crippen LogP contribution in [0.3, 0.4) is 0 Å². The molecule has 4 heteroatoms. The molecule has 3 rings (SSSR count). The second-order valence-corrected chi connectivity index (χ2v) is 6.69. The van der Waals surface area contributed by atoms with Crippen molar-refractivity contribution in [1.82, 2.24) is 5.32 Å². The van der Waals surface area contributed by atoms with Crippen molar-refractivity contribution in [3.63, 3.8) is 0 Å². The van der Waals surface area contributed by atoms with Crippen LogP contribution in [-0.4, -0.2) is 23.9 Å². The minimum absolute atomic E-state index is 0.102. The van der Waals surface area contributed by atoms with Gasteiger partial charge < -0.3 is 5.32 Å². The lowest BCUT2D eigenvalue weighted by Gasteiger charge is -2.31. The molecule has 118 valence electrons. The normalized spacial score (nSPS) is 29.2. The minimum Gasteiger partial charge on any atom is -0.302 e. The van der Waals surface area contributed by atoms with Gasteiger partial charge in [0.05, 0.1) is 18.2 Å². The molecular weight excluding hydrogens is 276 g/mol. The number of amides is 2. The van der Waals surface area contributed by atoms with E-state index < -0.39 is 0 Å². The van der Waals surface area contributed by atoms with Gasteiger partial charge in [0.1, 0.15) is 0 Å². The van der Waals surface area contributed by atoms with Crippen LogP contribution in [0.1, 0.15) is 44.6 Å². The summed E-state index contributed by atoms with van der Waals surface area (Å²) >= 11 is 0. The fraction of sp³-hybridized carbons (Fsp3) is 0.556. The third kappa shape index (κ3) is 2.93. The third-order valence-corrected chi connectivity index (χ3v) is 4.97. The van der Waals surface area contributed by atoms with E-state index in [9.17, 15) is 9.59 Å². The molecule has 1 saturated carbocycles. The molecule has 3 atom stereocenters. The van der Waals surface area contributed by atoms with Crippen LogP contribution in [0.25, 0.3) is 0 Å². The Morgan fingerprint density at radius 2 is 1.77 bits per heavy atom. The van der Waals surface area contributed by atoms with Crippen molar-refractivity contribution in [2.75, 3.05) is 4.90 Å². The highest BCUT2D eigenvalue weighted by atomic mass is 16.2. The standard InChI is InChI=1S/C18H24N2O2/c1-12-7-9-14(10-8-12)20-17(21)11-16(18(20)22)19-15-6-4-3-5-13(15)2/h7-10,13,15-16,19H,3-6,11H2,1-2H3. The number of carbonyl (C=O) groups excluding carboxylic acids is 2. The number of nitrogens with one attached hydrogen (secondary N) is 1. The number of aryl methyl sites for hydroxylation is 1. The Morgan fingerprint density at radius 3 is 2.45 bits per heavy atom. The first-order chi connectivity index (χ1) is 10.6. The van der Waals surface area contributed by atoms with E-state index in [1.807, 2.05) is 31.2 Å². The number of hydrogen-bond acceptors (Lipinski definition) is 3. The Morgan fingerprint density at radius 1 is 1.09 bits per heavy atom. The van der Waals surface area contributed by atoms with Crippen LogP contribution < -0.4 is 10.2 Å². The van der Waals surface area contributed by atoms with Gasteiger partial charge in [0.2, 0.25) is 5.91 Å². The van der Waals surface area contributed by atoms with Crippen LogP contribution >= 0.6 is 0 Å². The summed E-state index contributed by atoms with van der Waals surface area (Å²) in [7, 11) is 0. The summed E-state index contributed by atoms with van der Waals surface area (Å²) in [5.74, 6) is 0.367.